The molecule has 0 atom stereocenters. The Labute approximate surface area is 179 Å². The molecule has 2 aromatic rings. The predicted octanol–water partition coefficient (Wildman–Crippen LogP) is 4.28. The highest BCUT2D eigenvalue weighted by Crippen LogP contribution is 2.35. The number of amides is 1. The average Bonchev–Trinajstić information content (AvgIpc) is 2.95. The Kier molecular flexibility index (Phi) is 6.36. The van der Waals surface area contributed by atoms with Gasteiger partial charge in [0.1, 0.15) is 11.8 Å². The van der Waals surface area contributed by atoms with E-state index in [0.29, 0.717) is 27.1 Å². The van der Waals surface area contributed by atoms with Crippen molar-refractivity contribution in [3.63, 3.8) is 0 Å². The molecule has 0 aliphatic carbocycles. The van der Waals surface area contributed by atoms with Crippen LogP contribution >= 0.6 is 27.7 Å². The first-order chi connectivity index (χ1) is 13.9. The van der Waals surface area contributed by atoms with Gasteiger partial charge in [-0.05, 0) is 60.3 Å². The second kappa shape index (κ2) is 8.94. The van der Waals surface area contributed by atoms with Gasteiger partial charge in [0.2, 0.25) is 0 Å². The Bertz CT molecular complexity index is 1070. The fourth-order valence-corrected chi connectivity index (χ4v) is 3.81. The number of carbonyl (C=O) groups is 2. The Morgan fingerprint density at radius 2 is 2.07 bits per heavy atom. The molecule has 0 bridgehead atoms. The van der Waals surface area contributed by atoms with E-state index in [0.717, 1.165) is 4.47 Å². The van der Waals surface area contributed by atoms with E-state index in [1.54, 1.807) is 43.5 Å². The number of rotatable bonds is 5. The van der Waals surface area contributed by atoms with Gasteiger partial charge in [0.15, 0.2) is 11.8 Å². The molecule has 0 unspecified atom stereocenters. The lowest BCUT2D eigenvalue weighted by molar-refractivity contribution is -0.121. The summed E-state index contributed by atoms with van der Waals surface area (Å²) in [4.78, 5) is 29.9. The number of aliphatic imine (C=N–C) groups is 1. The van der Waals surface area contributed by atoms with Crippen molar-refractivity contribution in [2.45, 2.75) is 0 Å². The molecule has 1 heterocycles. The number of ether oxygens (including phenoxy) is 1. The Hall–Kier alpha value is -3.09. The normalized spacial score (nSPS) is 16.3. The number of carbonyl (C=O) groups excluding carboxylic acids is 1. The molecule has 1 aliphatic rings. The minimum atomic E-state index is -1.01. The number of halogens is 1. The molecule has 1 fully saturated rings. The van der Waals surface area contributed by atoms with E-state index in [4.69, 9.17) is 15.1 Å². The van der Waals surface area contributed by atoms with Crippen molar-refractivity contribution in [1.82, 2.24) is 4.90 Å². The van der Waals surface area contributed by atoms with Crippen LogP contribution in [0.25, 0.3) is 6.08 Å². The highest BCUT2D eigenvalue weighted by molar-refractivity contribution is 9.10. The molecule has 0 saturated carbocycles. The Balaban J connectivity index is 1.90. The number of hydrogen-bond donors (Lipinski definition) is 1. The highest BCUT2D eigenvalue weighted by Gasteiger charge is 2.30. The third kappa shape index (κ3) is 4.85. The molecule has 9 heteroatoms. The lowest BCUT2D eigenvalue weighted by Gasteiger charge is -2.08. The molecule has 0 aromatic heterocycles. The molecule has 0 spiro atoms. The van der Waals surface area contributed by atoms with Crippen LogP contribution < -0.4 is 4.74 Å². The molecule has 3 rings (SSSR count). The molecule has 1 amide bonds. The first-order valence-electron chi connectivity index (χ1n) is 8.28. The standard InChI is InChI=1S/C20H14BrN3O4S/c1-24-18(25)17(11-13-10-14(21)4-7-16(13)28-9-8-22)29-20(24)23-15-5-2-12(3-6-15)19(26)27/h2-7,10-11H,9H2,1H3,(H,26,27)/b17-11-,23-20?. The van der Waals surface area contributed by atoms with Crippen molar-refractivity contribution in [3.8, 4) is 11.8 Å². The number of benzene rings is 2. The second-order valence-corrected chi connectivity index (χ2v) is 7.77. The number of aromatic carboxylic acids is 1. The van der Waals surface area contributed by atoms with Gasteiger partial charge in [0.05, 0.1) is 16.2 Å². The molecule has 146 valence electrons. The van der Waals surface area contributed by atoms with E-state index in [1.165, 1.54) is 28.8 Å². The first-order valence-corrected chi connectivity index (χ1v) is 9.89. The van der Waals surface area contributed by atoms with Crippen molar-refractivity contribution >= 4 is 56.5 Å². The average molecular weight is 472 g/mol. The van der Waals surface area contributed by atoms with Gasteiger partial charge in [-0.1, -0.05) is 15.9 Å². The lowest BCUT2D eigenvalue weighted by atomic mass is 10.2. The van der Waals surface area contributed by atoms with Crippen LogP contribution in [0, 0.1) is 11.3 Å². The van der Waals surface area contributed by atoms with Gasteiger partial charge in [-0.25, -0.2) is 9.79 Å². The SMILES string of the molecule is CN1C(=O)/C(=C/c2cc(Br)ccc2OCC#N)SC1=Nc1ccc(C(=O)O)cc1. The maximum atomic E-state index is 12.6. The third-order valence-electron chi connectivity index (χ3n) is 3.89. The van der Waals surface area contributed by atoms with Gasteiger partial charge in [-0.15, -0.1) is 0 Å². The van der Waals surface area contributed by atoms with Crippen LogP contribution in [0.5, 0.6) is 5.75 Å². The van der Waals surface area contributed by atoms with Gasteiger partial charge in [-0.3, -0.25) is 9.69 Å². The van der Waals surface area contributed by atoms with E-state index in [-0.39, 0.29) is 18.1 Å². The quantitative estimate of drug-likeness (QED) is 0.652. The van der Waals surface area contributed by atoms with E-state index in [9.17, 15) is 9.59 Å². The summed E-state index contributed by atoms with van der Waals surface area (Å²) in [5.74, 6) is -0.740. The lowest BCUT2D eigenvalue weighted by Crippen LogP contribution is -2.23. The monoisotopic (exact) mass is 471 g/mol. The van der Waals surface area contributed by atoms with Crippen molar-refractivity contribution in [2.75, 3.05) is 13.7 Å². The van der Waals surface area contributed by atoms with Gasteiger partial charge < -0.3 is 9.84 Å². The number of amidine groups is 1. The summed E-state index contributed by atoms with van der Waals surface area (Å²) in [6.07, 6.45) is 1.69. The van der Waals surface area contributed by atoms with Crippen LogP contribution in [0.4, 0.5) is 5.69 Å². The Morgan fingerprint density at radius 3 is 2.72 bits per heavy atom. The molecule has 2 aromatic carbocycles. The summed E-state index contributed by atoms with van der Waals surface area (Å²) in [5.41, 5.74) is 1.36. The van der Waals surface area contributed by atoms with Gasteiger partial charge >= 0.3 is 5.97 Å². The summed E-state index contributed by atoms with van der Waals surface area (Å²) in [7, 11) is 1.62. The highest BCUT2D eigenvalue weighted by atomic mass is 79.9. The topological polar surface area (TPSA) is 103 Å². The molecular formula is C20H14BrN3O4S. The predicted molar refractivity (Wildman–Crippen MR) is 114 cm³/mol. The maximum Gasteiger partial charge on any atom is 0.335 e. The van der Waals surface area contributed by atoms with Crippen LogP contribution in [0.3, 0.4) is 0 Å². The minimum absolute atomic E-state index is 0.0994. The summed E-state index contributed by atoms with van der Waals surface area (Å²) < 4.78 is 6.24. The van der Waals surface area contributed by atoms with Crippen molar-refractivity contribution < 1.29 is 19.4 Å². The van der Waals surface area contributed by atoms with E-state index < -0.39 is 5.97 Å². The van der Waals surface area contributed by atoms with Crippen LogP contribution in [-0.2, 0) is 4.79 Å². The van der Waals surface area contributed by atoms with Gasteiger partial charge in [0.25, 0.3) is 5.91 Å². The maximum absolute atomic E-state index is 12.6. The number of carboxylic acids is 1. The third-order valence-corrected chi connectivity index (χ3v) is 5.45. The van der Waals surface area contributed by atoms with E-state index in [1.807, 2.05) is 6.07 Å². The number of thioether (sulfide) groups is 1. The molecule has 29 heavy (non-hydrogen) atoms. The first kappa shape index (κ1) is 20.6. The number of likely N-dealkylation sites (N-methyl/N-ethyl adjacent to an activating group) is 1. The summed E-state index contributed by atoms with van der Waals surface area (Å²) in [6, 6.07) is 13.3. The van der Waals surface area contributed by atoms with Crippen LogP contribution in [-0.4, -0.2) is 40.7 Å². The van der Waals surface area contributed by atoms with Crippen molar-refractivity contribution in [3.05, 3.63) is 63.0 Å². The summed E-state index contributed by atoms with van der Waals surface area (Å²) >= 11 is 4.60. The van der Waals surface area contributed by atoms with Crippen LogP contribution in [0.1, 0.15) is 15.9 Å². The number of nitrogens with zero attached hydrogens (tertiary/aromatic N) is 3. The molecule has 0 radical (unpaired) electrons. The summed E-state index contributed by atoms with van der Waals surface area (Å²) in [6.45, 7) is -0.0994. The summed E-state index contributed by atoms with van der Waals surface area (Å²) in [5, 5.41) is 18.2. The fourth-order valence-electron chi connectivity index (χ4n) is 2.46. The fraction of sp³-hybridized carbons (Fsp3) is 0.100. The van der Waals surface area contributed by atoms with Crippen molar-refractivity contribution in [1.29, 1.82) is 5.26 Å². The smallest absolute Gasteiger partial charge is 0.335 e. The second-order valence-electron chi connectivity index (χ2n) is 5.85. The molecule has 1 N–H and O–H groups in total. The zero-order valence-electron chi connectivity index (χ0n) is 15.1. The van der Waals surface area contributed by atoms with Gasteiger partial charge in [-0.2, -0.15) is 5.26 Å². The zero-order valence-corrected chi connectivity index (χ0v) is 17.5. The van der Waals surface area contributed by atoms with E-state index >= 15 is 0 Å². The van der Waals surface area contributed by atoms with Crippen LogP contribution in [0.2, 0.25) is 0 Å². The molecule has 7 nitrogen and oxygen atoms in total. The zero-order chi connectivity index (χ0) is 21.0. The molecule has 1 aliphatic heterocycles. The largest absolute Gasteiger partial charge is 0.478 e. The minimum Gasteiger partial charge on any atom is -0.478 e. The van der Waals surface area contributed by atoms with Crippen LogP contribution in [0.15, 0.2) is 56.8 Å². The van der Waals surface area contributed by atoms with E-state index in [2.05, 4.69) is 20.9 Å². The number of hydrogen-bond acceptors (Lipinski definition) is 6. The number of carboxylic acid groups (broad SMARTS) is 1. The molecular weight excluding hydrogens is 458 g/mol. The number of nitriles is 1. The van der Waals surface area contributed by atoms with Gasteiger partial charge in [0, 0.05) is 17.1 Å². The molecule has 1 saturated heterocycles. The Morgan fingerprint density at radius 1 is 1.34 bits per heavy atom. The van der Waals surface area contributed by atoms with Crippen molar-refractivity contribution in [2.24, 2.45) is 4.99 Å².